The van der Waals surface area contributed by atoms with Crippen LogP contribution in [0.3, 0.4) is 0 Å². The van der Waals surface area contributed by atoms with E-state index in [4.69, 9.17) is 4.42 Å². The summed E-state index contributed by atoms with van der Waals surface area (Å²) in [6.07, 6.45) is 2.05. The number of benzene rings is 1. The van der Waals surface area contributed by atoms with Crippen LogP contribution in [0.1, 0.15) is 17.9 Å². The molecule has 0 N–H and O–H groups in total. The molecule has 0 aliphatic heterocycles. The van der Waals surface area contributed by atoms with Gasteiger partial charge in [-0.3, -0.25) is 0 Å². The average molecular weight is 280 g/mol. The molecular weight excluding hydrogens is 266 g/mol. The number of halogens is 1. The number of oxazole rings is 1. The summed E-state index contributed by atoms with van der Waals surface area (Å²) in [6.45, 7) is 1.98. The van der Waals surface area contributed by atoms with Crippen LogP contribution < -0.4 is 0 Å². The highest BCUT2D eigenvalue weighted by atomic mass is 79.9. The minimum atomic E-state index is 0.725. The first-order valence-corrected chi connectivity index (χ1v) is 6.51. The maximum Gasteiger partial charge on any atom is 0.226 e. The highest BCUT2D eigenvalue weighted by Gasteiger charge is 2.10. The molecule has 2 rings (SSSR count). The largest absolute Gasteiger partial charge is 0.441 e. The van der Waals surface area contributed by atoms with Crippen molar-refractivity contribution in [2.24, 2.45) is 0 Å². The number of aromatic nitrogens is 1. The van der Waals surface area contributed by atoms with E-state index < -0.39 is 0 Å². The molecule has 16 heavy (non-hydrogen) atoms. The van der Waals surface area contributed by atoms with E-state index in [9.17, 15) is 0 Å². The Kier molecular flexibility index (Phi) is 3.78. The Hall–Kier alpha value is -1.09. The molecule has 0 aliphatic rings. The molecule has 0 bridgehead atoms. The van der Waals surface area contributed by atoms with Gasteiger partial charge < -0.3 is 4.42 Å². The minimum absolute atomic E-state index is 0.725. The molecule has 84 valence electrons. The van der Waals surface area contributed by atoms with E-state index in [1.54, 1.807) is 0 Å². The molecule has 0 fully saturated rings. The van der Waals surface area contributed by atoms with Crippen LogP contribution in [0.25, 0.3) is 11.5 Å². The summed E-state index contributed by atoms with van der Waals surface area (Å²) < 4.78 is 5.67. The first-order valence-electron chi connectivity index (χ1n) is 5.39. The maximum absolute atomic E-state index is 5.67. The van der Waals surface area contributed by atoms with E-state index in [0.29, 0.717) is 0 Å². The predicted molar refractivity (Wildman–Crippen MR) is 68.8 cm³/mol. The van der Waals surface area contributed by atoms with Gasteiger partial charge in [0.05, 0.1) is 5.69 Å². The van der Waals surface area contributed by atoms with Crippen LogP contribution in [0.5, 0.6) is 0 Å². The van der Waals surface area contributed by atoms with Gasteiger partial charge in [0.25, 0.3) is 0 Å². The van der Waals surface area contributed by atoms with Crippen molar-refractivity contribution >= 4 is 15.9 Å². The van der Waals surface area contributed by atoms with Crippen molar-refractivity contribution in [3.63, 3.8) is 0 Å². The molecule has 0 radical (unpaired) electrons. The van der Waals surface area contributed by atoms with Crippen molar-refractivity contribution in [1.82, 2.24) is 4.98 Å². The number of hydrogen-bond donors (Lipinski definition) is 0. The van der Waals surface area contributed by atoms with Crippen LogP contribution in [-0.2, 0) is 6.42 Å². The van der Waals surface area contributed by atoms with Crippen LogP contribution in [0.2, 0.25) is 0 Å². The summed E-state index contributed by atoms with van der Waals surface area (Å²) in [6, 6.07) is 10.0. The van der Waals surface area contributed by atoms with Crippen molar-refractivity contribution in [3.8, 4) is 11.5 Å². The fourth-order valence-corrected chi connectivity index (χ4v) is 1.88. The van der Waals surface area contributed by atoms with E-state index in [1.807, 2.05) is 37.3 Å². The summed E-state index contributed by atoms with van der Waals surface area (Å²) in [7, 11) is 0. The van der Waals surface area contributed by atoms with Crippen molar-refractivity contribution in [2.45, 2.75) is 19.8 Å². The molecule has 0 saturated carbocycles. The fraction of sp³-hybridized carbons (Fsp3) is 0.308. The van der Waals surface area contributed by atoms with E-state index in [0.717, 1.165) is 41.1 Å². The molecular formula is C13H14BrNO. The quantitative estimate of drug-likeness (QED) is 0.792. The standard InChI is InChI=1S/C13H14BrNO/c1-10-12(8-5-9-14)15-13(16-10)11-6-3-2-4-7-11/h2-4,6-7H,5,8-9H2,1H3. The third kappa shape index (κ3) is 2.53. The third-order valence-corrected chi connectivity index (χ3v) is 3.02. The topological polar surface area (TPSA) is 26.0 Å². The van der Waals surface area contributed by atoms with E-state index in [2.05, 4.69) is 20.9 Å². The van der Waals surface area contributed by atoms with Crippen molar-refractivity contribution in [1.29, 1.82) is 0 Å². The highest BCUT2D eigenvalue weighted by molar-refractivity contribution is 9.09. The third-order valence-electron chi connectivity index (χ3n) is 2.46. The van der Waals surface area contributed by atoms with Gasteiger partial charge in [0.15, 0.2) is 0 Å². The van der Waals surface area contributed by atoms with Gasteiger partial charge >= 0.3 is 0 Å². The van der Waals surface area contributed by atoms with E-state index in [-0.39, 0.29) is 0 Å². The molecule has 1 aromatic carbocycles. The van der Waals surface area contributed by atoms with Crippen LogP contribution in [0.15, 0.2) is 34.7 Å². The molecule has 0 spiro atoms. The summed E-state index contributed by atoms with van der Waals surface area (Å²) in [5.41, 5.74) is 2.11. The Bertz CT molecular complexity index is 450. The summed E-state index contributed by atoms with van der Waals surface area (Å²) >= 11 is 3.42. The lowest BCUT2D eigenvalue weighted by molar-refractivity contribution is 0.539. The van der Waals surface area contributed by atoms with Gasteiger partial charge in [-0.15, -0.1) is 0 Å². The lowest BCUT2D eigenvalue weighted by Gasteiger charge is -1.92. The Labute approximate surface area is 104 Å². The zero-order valence-corrected chi connectivity index (χ0v) is 10.8. The van der Waals surface area contributed by atoms with Gasteiger partial charge in [0.2, 0.25) is 5.89 Å². The average Bonchev–Trinajstić information content (AvgIpc) is 2.69. The smallest absolute Gasteiger partial charge is 0.226 e. The lowest BCUT2D eigenvalue weighted by atomic mass is 10.2. The molecule has 0 saturated heterocycles. The van der Waals surface area contributed by atoms with Crippen molar-refractivity contribution in [3.05, 3.63) is 41.8 Å². The maximum atomic E-state index is 5.67. The molecule has 0 unspecified atom stereocenters. The van der Waals surface area contributed by atoms with Gasteiger partial charge in [-0.2, -0.15) is 0 Å². The lowest BCUT2D eigenvalue weighted by Crippen LogP contribution is -1.88. The summed E-state index contributed by atoms with van der Waals surface area (Å²) in [4.78, 5) is 4.53. The molecule has 3 heteroatoms. The Balaban J connectivity index is 2.24. The number of alkyl halides is 1. The second-order valence-electron chi connectivity index (χ2n) is 3.68. The first-order chi connectivity index (χ1) is 7.81. The van der Waals surface area contributed by atoms with E-state index >= 15 is 0 Å². The zero-order chi connectivity index (χ0) is 11.4. The molecule has 0 atom stereocenters. The molecule has 0 amide bonds. The van der Waals surface area contributed by atoms with Crippen molar-refractivity contribution in [2.75, 3.05) is 5.33 Å². The van der Waals surface area contributed by atoms with Crippen LogP contribution in [0.4, 0.5) is 0 Å². The second-order valence-corrected chi connectivity index (χ2v) is 4.47. The molecule has 0 aliphatic carbocycles. The normalized spacial score (nSPS) is 10.6. The minimum Gasteiger partial charge on any atom is -0.441 e. The van der Waals surface area contributed by atoms with Gasteiger partial charge in [-0.25, -0.2) is 4.98 Å². The molecule has 2 nitrogen and oxygen atoms in total. The van der Waals surface area contributed by atoms with E-state index in [1.165, 1.54) is 0 Å². The molecule has 1 heterocycles. The SMILES string of the molecule is Cc1oc(-c2ccccc2)nc1CCCBr. The van der Waals surface area contributed by atoms with Crippen LogP contribution >= 0.6 is 15.9 Å². The van der Waals surface area contributed by atoms with Gasteiger partial charge in [0.1, 0.15) is 5.76 Å². The first kappa shape index (κ1) is 11.4. The Morgan fingerprint density at radius 3 is 2.69 bits per heavy atom. The second kappa shape index (κ2) is 5.30. The number of nitrogens with zero attached hydrogens (tertiary/aromatic N) is 1. The zero-order valence-electron chi connectivity index (χ0n) is 9.24. The van der Waals surface area contributed by atoms with Gasteiger partial charge in [-0.1, -0.05) is 34.1 Å². The summed E-state index contributed by atoms with van der Waals surface area (Å²) in [5.74, 6) is 1.66. The number of aryl methyl sites for hydroxylation is 2. The highest BCUT2D eigenvalue weighted by Crippen LogP contribution is 2.22. The van der Waals surface area contributed by atoms with Gasteiger partial charge in [0, 0.05) is 10.9 Å². The number of rotatable bonds is 4. The monoisotopic (exact) mass is 279 g/mol. The molecule has 1 aromatic heterocycles. The van der Waals surface area contributed by atoms with Crippen LogP contribution in [0, 0.1) is 6.92 Å². The summed E-state index contributed by atoms with van der Waals surface area (Å²) in [5, 5.41) is 1.000. The molecule has 2 aromatic rings. The fourth-order valence-electron chi connectivity index (χ4n) is 1.60. The number of hydrogen-bond acceptors (Lipinski definition) is 2. The Morgan fingerprint density at radius 1 is 1.25 bits per heavy atom. The van der Waals surface area contributed by atoms with Crippen LogP contribution in [-0.4, -0.2) is 10.3 Å². The predicted octanol–water partition coefficient (Wildman–Crippen LogP) is 3.98. The Morgan fingerprint density at radius 2 is 2.00 bits per heavy atom. The van der Waals surface area contributed by atoms with Gasteiger partial charge in [-0.05, 0) is 31.9 Å². The van der Waals surface area contributed by atoms with Crippen molar-refractivity contribution < 1.29 is 4.42 Å².